The van der Waals surface area contributed by atoms with Crippen molar-refractivity contribution in [2.75, 3.05) is 57.4 Å². The molecule has 0 aromatic carbocycles. The quantitative estimate of drug-likeness (QED) is 0.0280. The Bertz CT molecular complexity index is 1410. The lowest BCUT2D eigenvalue weighted by atomic mass is 10.0. The maximum atomic E-state index is 12.8. The van der Waals surface area contributed by atoms with Crippen LogP contribution in [0.1, 0.15) is 245 Å². The summed E-state index contributed by atoms with van der Waals surface area (Å²) < 4.78 is 11.0. The third-order valence-electron chi connectivity index (χ3n) is 13.2. The minimum atomic E-state index is -1.20. The molecule has 0 aliphatic heterocycles. The molecule has 0 aliphatic carbocycles. The number of carbonyl (C=O) groups is 7. The van der Waals surface area contributed by atoms with Gasteiger partial charge in [0.2, 0.25) is 11.8 Å². The van der Waals surface area contributed by atoms with Crippen LogP contribution in [0.2, 0.25) is 0 Å². The summed E-state index contributed by atoms with van der Waals surface area (Å²) in [5.74, 6) is -3.13. The van der Waals surface area contributed by atoms with Crippen molar-refractivity contribution in [2.45, 2.75) is 257 Å². The number of hydrogen-bond donors (Lipinski definition) is 7. The van der Waals surface area contributed by atoms with Crippen LogP contribution in [0.3, 0.4) is 0 Å². The Balaban J connectivity index is 4.64. The first-order chi connectivity index (χ1) is 35.9. The topological polar surface area (TPSA) is 250 Å². The maximum Gasteiger partial charge on any atom is 0.407 e. The van der Waals surface area contributed by atoms with E-state index in [1.165, 1.54) is 171 Å². The van der Waals surface area contributed by atoms with Crippen molar-refractivity contribution in [1.82, 2.24) is 26.2 Å². The van der Waals surface area contributed by atoms with E-state index in [1.807, 2.05) is 0 Å². The van der Waals surface area contributed by atoms with E-state index in [0.717, 1.165) is 38.5 Å². The smallest absolute Gasteiger partial charge is 0.407 e. The van der Waals surface area contributed by atoms with Crippen LogP contribution < -0.4 is 21.3 Å². The maximum absolute atomic E-state index is 12.8. The van der Waals surface area contributed by atoms with Crippen LogP contribution in [-0.4, -0.2) is 132 Å². The minimum absolute atomic E-state index is 0.0514. The van der Waals surface area contributed by atoms with Gasteiger partial charge >= 0.3 is 30.1 Å². The molecule has 0 aromatic heterocycles. The SMILES string of the molecule is CCCCCCCCCCCCCCCCCNC(=O)OCC(CNC(=O)CCSCCC(=O)NCCCC(C(=O)O)N(CCC(=O)O)CCC(=O)O)OC(=O)NCCCCCCCCCCCCCCCCC. The first-order valence-corrected chi connectivity index (χ1v) is 30.4. The number of unbranched alkanes of at least 4 members (excludes halogenated alkanes) is 28. The standard InChI is InChI=1S/C56H105N5O12S/c1-3-5-7-9-11-13-15-17-19-21-23-25-27-29-31-39-58-55(70)72-47-48(73-56(71)59-40-32-30-28-26-24-22-20-18-16-14-12-10-8-6-4-2)46-60-51(63)38-45-74-44-37-50(62)57-41-33-34-49(54(68)69)61(42-35-52(64)65)43-36-53(66)67/h48-49H,3-47H2,1-2H3,(H,57,62)(H,58,70)(H,59,71)(H,60,63)(H,64,65)(H,66,67)(H,68,69). The minimum Gasteiger partial charge on any atom is -0.481 e. The third kappa shape index (κ3) is 49.1. The second-order valence-corrected chi connectivity index (χ2v) is 21.2. The molecule has 0 aliphatic rings. The monoisotopic (exact) mass is 1070 g/mol. The fourth-order valence-corrected chi connectivity index (χ4v) is 9.51. The highest BCUT2D eigenvalue weighted by Crippen LogP contribution is 2.16. The molecule has 0 spiro atoms. The Morgan fingerprint density at radius 2 is 0.811 bits per heavy atom. The lowest BCUT2D eigenvalue weighted by molar-refractivity contribution is -0.146. The van der Waals surface area contributed by atoms with E-state index in [1.54, 1.807) is 0 Å². The molecule has 0 aromatic rings. The molecule has 2 atom stereocenters. The molecule has 432 valence electrons. The average molecular weight is 1070 g/mol. The van der Waals surface area contributed by atoms with Gasteiger partial charge in [-0.3, -0.25) is 28.9 Å². The van der Waals surface area contributed by atoms with E-state index in [9.17, 15) is 38.7 Å². The molecule has 18 heteroatoms. The second kappa shape index (κ2) is 52.6. The number of rotatable bonds is 55. The summed E-state index contributed by atoms with van der Waals surface area (Å²) in [7, 11) is 0. The number of nitrogens with one attached hydrogen (secondary N) is 4. The number of carbonyl (C=O) groups excluding carboxylic acids is 4. The number of ether oxygens (including phenoxy) is 2. The van der Waals surface area contributed by atoms with Gasteiger partial charge in [0.1, 0.15) is 12.6 Å². The summed E-state index contributed by atoms with van der Waals surface area (Å²) in [5.41, 5.74) is 0. The van der Waals surface area contributed by atoms with E-state index in [4.69, 9.17) is 19.7 Å². The molecule has 7 N–H and O–H groups in total. The Hall–Kier alpha value is -3.80. The second-order valence-electron chi connectivity index (χ2n) is 20.0. The van der Waals surface area contributed by atoms with Gasteiger partial charge in [-0.2, -0.15) is 11.8 Å². The van der Waals surface area contributed by atoms with Crippen molar-refractivity contribution < 1.29 is 58.4 Å². The number of nitrogens with zero attached hydrogens (tertiary/aromatic N) is 1. The first kappa shape index (κ1) is 70.2. The summed E-state index contributed by atoms with van der Waals surface area (Å²) in [6.45, 7) is 5.13. The van der Waals surface area contributed by atoms with E-state index in [-0.39, 0.29) is 83.1 Å². The molecule has 17 nitrogen and oxygen atoms in total. The summed E-state index contributed by atoms with van der Waals surface area (Å²) in [6, 6.07) is -1.09. The molecule has 0 bridgehead atoms. The van der Waals surface area contributed by atoms with Crippen LogP contribution in [0.5, 0.6) is 0 Å². The molecule has 0 radical (unpaired) electrons. The van der Waals surface area contributed by atoms with Gasteiger partial charge in [-0.05, 0) is 25.7 Å². The number of carboxylic acid groups (broad SMARTS) is 3. The zero-order valence-corrected chi connectivity index (χ0v) is 47.2. The third-order valence-corrected chi connectivity index (χ3v) is 14.2. The molecule has 0 heterocycles. The zero-order chi connectivity index (χ0) is 54.5. The number of hydrogen-bond acceptors (Lipinski definition) is 11. The molecule has 0 saturated heterocycles. The fraction of sp³-hybridized carbons (Fsp3) is 0.875. The van der Waals surface area contributed by atoms with Gasteiger partial charge in [-0.1, -0.05) is 194 Å². The summed E-state index contributed by atoms with van der Waals surface area (Å²) >= 11 is 1.41. The predicted molar refractivity (Wildman–Crippen MR) is 297 cm³/mol. The van der Waals surface area contributed by atoms with Crippen molar-refractivity contribution in [1.29, 1.82) is 0 Å². The van der Waals surface area contributed by atoms with Crippen molar-refractivity contribution in [2.24, 2.45) is 0 Å². The van der Waals surface area contributed by atoms with Gasteiger partial charge in [0.05, 0.1) is 19.4 Å². The summed E-state index contributed by atoms with van der Waals surface area (Å²) in [5, 5.41) is 38.9. The van der Waals surface area contributed by atoms with Crippen molar-refractivity contribution >= 4 is 53.7 Å². The highest BCUT2D eigenvalue weighted by molar-refractivity contribution is 7.99. The molecular formula is C56H105N5O12S. The summed E-state index contributed by atoms with van der Waals surface area (Å²) in [6.07, 6.45) is 35.5. The fourth-order valence-electron chi connectivity index (χ4n) is 8.64. The van der Waals surface area contributed by atoms with Crippen LogP contribution >= 0.6 is 11.8 Å². The molecule has 0 rings (SSSR count). The van der Waals surface area contributed by atoms with Crippen LogP contribution in [0.15, 0.2) is 0 Å². The Kier molecular flexibility index (Phi) is 49.9. The van der Waals surface area contributed by atoms with Gasteiger partial charge in [-0.25, -0.2) is 9.59 Å². The number of amides is 4. The van der Waals surface area contributed by atoms with Gasteiger partial charge in [0.15, 0.2) is 6.10 Å². The van der Waals surface area contributed by atoms with Crippen LogP contribution in [0, 0.1) is 0 Å². The van der Waals surface area contributed by atoms with Crippen molar-refractivity contribution in [3.8, 4) is 0 Å². The number of alkyl carbamates (subject to hydrolysis) is 2. The number of aliphatic carboxylic acids is 3. The number of carboxylic acids is 3. The van der Waals surface area contributed by atoms with Crippen LogP contribution in [0.25, 0.3) is 0 Å². The largest absolute Gasteiger partial charge is 0.481 e. The highest BCUT2D eigenvalue weighted by atomic mass is 32.2. The normalized spacial score (nSPS) is 12.0. The Morgan fingerprint density at radius 1 is 0.446 bits per heavy atom. The lowest BCUT2D eigenvalue weighted by Crippen LogP contribution is -2.43. The molecule has 2 unspecified atom stereocenters. The van der Waals surface area contributed by atoms with Crippen LogP contribution in [-0.2, 0) is 33.4 Å². The molecule has 4 amide bonds. The van der Waals surface area contributed by atoms with Gasteiger partial charge < -0.3 is 46.1 Å². The predicted octanol–water partition coefficient (Wildman–Crippen LogP) is 11.8. The van der Waals surface area contributed by atoms with E-state index in [2.05, 4.69) is 35.1 Å². The van der Waals surface area contributed by atoms with Crippen molar-refractivity contribution in [3.63, 3.8) is 0 Å². The van der Waals surface area contributed by atoms with E-state index in [0.29, 0.717) is 24.6 Å². The highest BCUT2D eigenvalue weighted by Gasteiger charge is 2.26. The molecule has 0 fully saturated rings. The van der Waals surface area contributed by atoms with Crippen LogP contribution in [0.4, 0.5) is 9.59 Å². The summed E-state index contributed by atoms with van der Waals surface area (Å²) in [4.78, 5) is 85.9. The molecule has 0 saturated carbocycles. The number of thioether (sulfide) groups is 1. The van der Waals surface area contributed by atoms with Crippen molar-refractivity contribution in [3.05, 3.63) is 0 Å². The van der Waals surface area contributed by atoms with Gasteiger partial charge in [0, 0.05) is 57.1 Å². The lowest BCUT2D eigenvalue weighted by Gasteiger charge is -2.28. The van der Waals surface area contributed by atoms with Gasteiger partial charge in [-0.15, -0.1) is 0 Å². The van der Waals surface area contributed by atoms with E-state index >= 15 is 0 Å². The zero-order valence-electron chi connectivity index (χ0n) is 46.3. The van der Waals surface area contributed by atoms with Gasteiger partial charge in [0.25, 0.3) is 0 Å². The average Bonchev–Trinajstić information content (AvgIpc) is 3.36. The Morgan fingerprint density at radius 3 is 1.20 bits per heavy atom. The first-order valence-electron chi connectivity index (χ1n) is 29.3. The Labute approximate surface area is 451 Å². The van der Waals surface area contributed by atoms with E-state index < -0.39 is 42.2 Å². The molecular weight excluding hydrogens is 967 g/mol. The molecule has 74 heavy (non-hydrogen) atoms.